The largest absolute Gasteiger partial charge is 0.462 e. The Bertz CT molecular complexity index is 1030. The summed E-state index contributed by atoms with van der Waals surface area (Å²) in [6.45, 7) is 6.57. The molecule has 0 amide bonds. The molecule has 0 N–H and O–H groups in total. The van der Waals surface area contributed by atoms with E-state index in [2.05, 4.69) is 57.2 Å². The molecule has 0 aromatic rings. The van der Waals surface area contributed by atoms with E-state index in [-0.39, 0.29) is 31.1 Å². The minimum atomic E-state index is -0.764. The molecule has 0 saturated carbocycles. The summed E-state index contributed by atoms with van der Waals surface area (Å²) in [5.74, 6) is -0.874. The number of esters is 3. The van der Waals surface area contributed by atoms with Crippen molar-refractivity contribution in [1.29, 1.82) is 0 Å². The highest BCUT2D eigenvalue weighted by atomic mass is 16.6. The van der Waals surface area contributed by atoms with Gasteiger partial charge in [-0.1, -0.05) is 237 Å². The number of hydrogen-bond acceptors (Lipinski definition) is 6. The van der Waals surface area contributed by atoms with E-state index >= 15 is 0 Å². The van der Waals surface area contributed by atoms with Crippen LogP contribution in [0, 0.1) is 0 Å². The lowest BCUT2D eigenvalue weighted by Crippen LogP contribution is -2.30. The number of hydrogen-bond donors (Lipinski definition) is 0. The van der Waals surface area contributed by atoms with Gasteiger partial charge < -0.3 is 14.2 Å². The Morgan fingerprint density at radius 1 is 0.328 bits per heavy atom. The molecule has 1 atom stereocenters. The number of rotatable bonds is 48. The first-order valence-corrected chi connectivity index (χ1v) is 26.5. The Balaban J connectivity index is 4.01. The lowest BCUT2D eigenvalue weighted by molar-refractivity contribution is -0.167. The van der Waals surface area contributed by atoms with Gasteiger partial charge in [-0.05, 0) is 57.8 Å². The average Bonchev–Trinajstić information content (AvgIpc) is 3.26. The summed E-state index contributed by atoms with van der Waals surface area (Å²) in [6.07, 6.45) is 58.9. The molecule has 0 spiro atoms. The van der Waals surface area contributed by atoms with Crippen molar-refractivity contribution in [3.8, 4) is 0 Å². The van der Waals surface area contributed by atoms with E-state index in [0.717, 1.165) is 70.6 Å². The molecule has 0 bridgehead atoms. The molecule has 0 aromatic heterocycles. The topological polar surface area (TPSA) is 78.9 Å². The van der Waals surface area contributed by atoms with Gasteiger partial charge in [-0.3, -0.25) is 14.4 Å². The normalized spacial score (nSPS) is 12.2. The van der Waals surface area contributed by atoms with Gasteiger partial charge >= 0.3 is 17.9 Å². The van der Waals surface area contributed by atoms with Crippen molar-refractivity contribution in [3.63, 3.8) is 0 Å². The molecule has 0 aliphatic heterocycles. The van der Waals surface area contributed by atoms with Crippen LogP contribution in [0.3, 0.4) is 0 Å². The lowest BCUT2D eigenvalue weighted by Gasteiger charge is -2.18. The van der Waals surface area contributed by atoms with Gasteiger partial charge in [0.1, 0.15) is 13.2 Å². The van der Waals surface area contributed by atoms with Crippen LogP contribution in [0.25, 0.3) is 0 Å². The Kier molecular flexibility index (Phi) is 48.3. The fraction of sp³-hybridized carbons (Fsp3) is 0.836. The van der Waals surface area contributed by atoms with Crippen molar-refractivity contribution in [2.45, 2.75) is 284 Å². The lowest BCUT2D eigenvalue weighted by atomic mass is 10.0. The van der Waals surface area contributed by atoms with Gasteiger partial charge in [0.05, 0.1) is 0 Å². The minimum absolute atomic E-state index is 0.0698. The van der Waals surface area contributed by atoms with E-state index < -0.39 is 6.10 Å². The van der Waals surface area contributed by atoms with Crippen molar-refractivity contribution in [3.05, 3.63) is 36.5 Å². The van der Waals surface area contributed by atoms with Gasteiger partial charge in [0.2, 0.25) is 0 Å². The summed E-state index contributed by atoms with van der Waals surface area (Å²) in [6, 6.07) is 0. The second-order valence-corrected chi connectivity index (χ2v) is 17.8. The predicted octanol–water partition coefficient (Wildman–Crippen LogP) is 17.3. The maximum absolute atomic E-state index is 12.7. The molecule has 0 fully saturated rings. The Hall–Kier alpha value is -2.37. The van der Waals surface area contributed by atoms with E-state index in [1.54, 1.807) is 0 Å². The highest BCUT2D eigenvalue weighted by Crippen LogP contribution is 2.15. The monoisotopic (exact) mass is 857 g/mol. The van der Waals surface area contributed by atoms with Crippen molar-refractivity contribution in [2.75, 3.05) is 13.2 Å². The maximum atomic E-state index is 12.7. The quantitative estimate of drug-likeness (QED) is 0.0262. The molecule has 356 valence electrons. The van der Waals surface area contributed by atoms with Crippen LogP contribution in [0.2, 0.25) is 0 Å². The van der Waals surface area contributed by atoms with Gasteiger partial charge in [-0.2, -0.15) is 0 Å². The molecule has 0 aliphatic rings. The average molecular weight is 857 g/mol. The molecule has 1 unspecified atom stereocenters. The van der Waals surface area contributed by atoms with E-state index in [4.69, 9.17) is 14.2 Å². The highest BCUT2D eigenvalue weighted by Gasteiger charge is 2.19. The van der Waals surface area contributed by atoms with Crippen LogP contribution in [0.4, 0.5) is 0 Å². The number of carbonyl (C=O) groups excluding carboxylic acids is 3. The Morgan fingerprint density at radius 3 is 0.918 bits per heavy atom. The predicted molar refractivity (Wildman–Crippen MR) is 261 cm³/mol. The molecular weight excluding hydrogens is 757 g/mol. The zero-order valence-corrected chi connectivity index (χ0v) is 40.7. The van der Waals surface area contributed by atoms with Gasteiger partial charge in [0, 0.05) is 19.3 Å². The molecule has 0 aliphatic carbocycles. The number of allylic oxidation sites excluding steroid dienone is 6. The van der Waals surface area contributed by atoms with Crippen LogP contribution in [-0.4, -0.2) is 37.2 Å². The second kappa shape index (κ2) is 50.3. The number of ether oxygens (including phenoxy) is 3. The molecule has 0 rings (SSSR count). The third kappa shape index (κ3) is 48.5. The van der Waals surface area contributed by atoms with E-state index in [9.17, 15) is 14.4 Å². The van der Waals surface area contributed by atoms with Gasteiger partial charge in [-0.25, -0.2) is 0 Å². The first kappa shape index (κ1) is 58.6. The zero-order chi connectivity index (χ0) is 44.4. The number of unbranched alkanes of at least 4 members (excludes halogenated alkanes) is 31. The van der Waals surface area contributed by atoms with Crippen LogP contribution >= 0.6 is 0 Å². The van der Waals surface area contributed by atoms with Crippen LogP contribution in [0.1, 0.15) is 278 Å². The summed E-state index contributed by atoms with van der Waals surface area (Å²) in [7, 11) is 0. The Labute approximate surface area is 378 Å². The van der Waals surface area contributed by atoms with Gasteiger partial charge in [-0.15, -0.1) is 0 Å². The van der Waals surface area contributed by atoms with Crippen molar-refractivity contribution >= 4 is 17.9 Å². The van der Waals surface area contributed by atoms with E-state index in [0.29, 0.717) is 19.3 Å². The standard InChI is InChI=1S/C55H100O6/c1-4-7-10-13-16-18-20-21-22-23-24-25-26-27-28-29-30-31-32-33-34-35-36-38-39-42-45-48-54(57)60-51-52(50-59-53(56)47-44-41-15-12-9-6-3)61-55(58)49-46-43-40-37-19-17-14-11-8-5-2/h20-21,23-24,26-27,52H,4-19,22,25,28-51H2,1-3H3/b21-20-,24-23-,27-26-. The smallest absolute Gasteiger partial charge is 0.306 e. The third-order valence-electron chi connectivity index (χ3n) is 11.6. The fourth-order valence-corrected chi connectivity index (χ4v) is 7.63. The highest BCUT2D eigenvalue weighted by molar-refractivity contribution is 5.71. The second-order valence-electron chi connectivity index (χ2n) is 17.8. The SMILES string of the molecule is CCCCCCC/C=C\C/C=C\C/C=C\CCCCCCCCCCCCCCC(=O)OCC(COC(=O)CCCCCCCC)OC(=O)CCCCCCCCCCCC. The maximum Gasteiger partial charge on any atom is 0.306 e. The van der Waals surface area contributed by atoms with Crippen LogP contribution in [0.15, 0.2) is 36.5 Å². The summed E-state index contributed by atoms with van der Waals surface area (Å²) in [5, 5.41) is 0. The molecule has 0 heterocycles. The minimum Gasteiger partial charge on any atom is -0.462 e. The zero-order valence-electron chi connectivity index (χ0n) is 40.7. The molecule has 61 heavy (non-hydrogen) atoms. The summed E-state index contributed by atoms with van der Waals surface area (Å²) in [5.41, 5.74) is 0. The van der Waals surface area contributed by atoms with Crippen molar-refractivity contribution in [1.82, 2.24) is 0 Å². The molecule has 0 saturated heterocycles. The summed E-state index contributed by atoms with van der Waals surface area (Å²) < 4.78 is 16.7. The Morgan fingerprint density at radius 2 is 0.590 bits per heavy atom. The van der Waals surface area contributed by atoms with Crippen LogP contribution < -0.4 is 0 Å². The number of carbonyl (C=O) groups is 3. The van der Waals surface area contributed by atoms with E-state index in [1.807, 2.05) is 0 Å². The molecule has 6 heteroatoms. The summed E-state index contributed by atoms with van der Waals surface area (Å²) >= 11 is 0. The molecule has 0 aromatic carbocycles. The van der Waals surface area contributed by atoms with Crippen molar-refractivity contribution < 1.29 is 28.6 Å². The fourth-order valence-electron chi connectivity index (χ4n) is 7.63. The van der Waals surface area contributed by atoms with Crippen LogP contribution in [-0.2, 0) is 28.6 Å². The molecular formula is C55H100O6. The van der Waals surface area contributed by atoms with Gasteiger partial charge in [0.25, 0.3) is 0 Å². The van der Waals surface area contributed by atoms with Crippen LogP contribution in [0.5, 0.6) is 0 Å². The molecule has 0 radical (unpaired) electrons. The first-order chi connectivity index (χ1) is 30.0. The molecule has 6 nitrogen and oxygen atoms in total. The van der Waals surface area contributed by atoms with Crippen molar-refractivity contribution in [2.24, 2.45) is 0 Å². The van der Waals surface area contributed by atoms with Gasteiger partial charge in [0.15, 0.2) is 6.10 Å². The first-order valence-electron chi connectivity index (χ1n) is 26.5. The van der Waals surface area contributed by atoms with E-state index in [1.165, 1.54) is 167 Å². The third-order valence-corrected chi connectivity index (χ3v) is 11.6. The summed E-state index contributed by atoms with van der Waals surface area (Å²) in [4.78, 5) is 37.6.